The molecule has 3 aromatic carbocycles. The van der Waals surface area contributed by atoms with Crippen LogP contribution < -0.4 is 0 Å². The van der Waals surface area contributed by atoms with Crippen molar-refractivity contribution in [3.05, 3.63) is 105 Å². The summed E-state index contributed by atoms with van der Waals surface area (Å²) < 4.78 is 35.5. The summed E-state index contributed by atoms with van der Waals surface area (Å²) in [6.07, 6.45) is 2.17. The summed E-state index contributed by atoms with van der Waals surface area (Å²) >= 11 is -4.54. The number of benzene rings is 3. The third kappa shape index (κ3) is 8.33. The standard InChI is InChI=1S/C14H17NO3.C14H15NO3.C7H5IO4.CH4/c2*16-13-7-12-6-11(13)8-15(12)14(17)18-9-10-4-2-1-3-5-10;9-7-5-3-1-2-4-6(5)8(10,11)12-7;/h1-5,11-13,16H,6-9H2;1-5,11-12H,6-9H2;1-4H,(H,10,11);1H4/t11-,12-,13+;11-,12-;;/m11../s1. The Bertz CT molecular complexity index is 1700. The van der Waals surface area contributed by atoms with Crippen LogP contribution in [-0.2, 0) is 33.6 Å². The molecule has 0 radical (unpaired) electrons. The number of rotatable bonds is 4. The van der Waals surface area contributed by atoms with Crippen molar-refractivity contribution in [2.24, 2.45) is 11.8 Å². The quantitative estimate of drug-likeness (QED) is 0.317. The monoisotopic (exact) mass is 788 g/mol. The Labute approximate surface area is 289 Å². The van der Waals surface area contributed by atoms with Crippen molar-refractivity contribution in [1.29, 1.82) is 0 Å². The minimum absolute atomic E-state index is 0. The number of ketones is 1. The van der Waals surface area contributed by atoms with E-state index in [1.54, 1.807) is 21.9 Å². The summed E-state index contributed by atoms with van der Waals surface area (Å²) in [5, 5.41) is 9.65. The Morgan fingerprint density at radius 3 is 1.80 bits per heavy atom. The maximum atomic E-state index is 11.9. The molecule has 3 aromatic rings. The van der Waals surface area contributed by atoms with Gasteiger partial charge < -0.3 is 24.4 Å². The average molecular weight is 789 g/mol. The summed E-state index contributed by atoms with van der Waals surface area (Å²) in [4.78, 5) is 49.7. The zero-order valence-electron chi connectivity index (χ0n) is 26.1. The molecule has 2 saturated heterocycles. The fourth-order valence-electron chi connectivity index (χ4n) is 6.73. The van der Waals surface area contributed by atoms with E-state index in [1.807, 2.05) is 60.7 Å². The van der Waals surface area contributed by atoms with Crippen LogP contribution in [0.4, 0.5) is 9.59 Å². The van der Waals surface area contributed by atoms with E-state index < -0.39 is 25.2 Å². The summed E-state index contributed by atoms with van der Waals surface area (Å²) in [6.45, 7) is 1.79. The molecular weight excluding hydrogens is 747 g/mol. The Morgan fingerprint density at radius 1 is 0.776 bits per heavy atom. The summed E-state index contributed by atoms with van der Waals surface area (Å²) in [5.74, 6) is -0.0924. The van der Waals surface area contributed by atoms with E-state index in [9.17, 15) is 30.8 Å². The van der Waals surface area contributed by atoms with Crippen molar-refractivity contribution >= 4 is 43.2 Å². The molecule has 2 saturated carbocycles. The van der Waals surface area contributed by atoms with Gasteiger partial charge >= 0.3 is 85.2 Å². The molecule has 12 nitrogen and oxygen atoms in total. The van der Waals surface area contributed by atoms with E-state index >= 15 is 0 Å². The number of amides is 2. The molecule has 2 N–H and O–H groups in total. The molecule has 3 heterocycles. The molecule has 13 heteroatoms. The number of piperidine rings is 2. The van der Waals surface area contributed by atoms with Gasteiger partial charge in [-0.1, -0.05) is 68.1 Å². The number of carbonyl (C=O) groups excluding carboxylic acids is 4. The van der Waals surface area contributed by atoms with Gasteiger partial charge in [0.25, 0.3) is 0 Å². The van der Waals surface area contributed by atoms with Crippen molar-refractivity contribution in [3.63, 3.8) is 0 Å². The number of carbonyl (C=O) groups is 4. The molecule has 262 valence electrons. The third-order valence-corrected chi connectivity index (χ3v) is 12.6. The van der Waals surface area contributed by atoms with Crippen LogP contribution in [0.15, 0.2) is 84.9 Å². The predicted octanol–water partition coefficient (Wildman–Crippen LogP) is 5.64. The molecule has 0 spiro atoms. The Kier molecular flexibility index (Phi) is 11.5. The normalized spacial score (nSPS) is 28.1. The van der Waals surface area contributed by atoms with E-state index in [0.717, 1.165) is 24.0 Å². The number of ether oxygens (including phenoxy) is 2. The van der Waals surface area contributed by atoms with Crippen LogP contribution in [0.1, 0.15) is 54.6 Å². The zero-order valence-corrected chi connectivity index (χ0v) is 28.2. The first-order valence-corrected chi connectivity index (χ1v) is 19.6. The molecule has 3 aliphatic heterocycles. The van der Waals surface area contributed by atoms with Gasteiger partial charge in [0.1, 0.15) is 19.0 Å². The van der Waals surface area contributed by atoms with Crippen LogP contribution in [0, 0.1) is 15.4 Å². The van der Waals surface area contributed by atoms with Crippen LogP contribution >= 0.6 is 19.3 Å². The number of aliphatic hydroxyl groups excluding tert-OH is 1. The molecule has 4 fully saturated rings. The molecule has 4 bridgehead atoms. The first-order chi connectivity index (χ1) is 23.1. The van der Waals surface area contributed by atoms with Crippen LogP contribution in [0.5, 0.6) is 0 Å². The van der Waals surface area contributed by atoms with Crippen molar-refractivity contribution in [2.75, 3.05) is 13.1 Å². The Balaban J connectivity index is 0.000000145. The number of fused-ring (bicyclic) bond motifs is 5. The molecule has 1 unspecified atom stereocenters. The Morgan fingerprint density at radius 2 is 1.33 bits per heavy atom. The molecule has 49 heavy (non-hydrogen) atoms. The van der Waals surface area contributed by atoms with Crippen LogP contribution in [0.25, 0.3) is 0 Å². The van der Waals surface area contributed by atoms with E-state index in [2.05, 4.69) is 3.07 Å². The molecule has 0 aromatic heterocycles. The summed E-state index contributed by atoms with van der Waals surface area (Å²) in [7, 11) is 0. The number of hydrogen-bond donors (Lipinski definition) is 2. The molecule has 2 aliphatic carbocycles. The molecule has 8 rings (SSSR count). The van der Waals surface area contributed by atoms with Gasteiger partial charge in [0, 0.05) is 43.4 Å². The van der Waals surface area contributed by atoms with Gasteiger partial charge in [-0.2, -0.15) is 0 Å². The number of aliphatic hydroxyl groups is 1. The Hall–Kier alpha value is -4.21. The van der Waals surface area contributed by atoms with E-state index in [1.165, 1.54) is 12.1 Å². The van der Waals surface area contributed by atoms with Crippen molar-refractivity contribution in [2.45, 2.75) is 64.5 Å². The third-order valence-electron chi connectivity index (χ3n) is 9.22. The van der Waals surface area contributed by atoms with Gasteiger partial charge in [-0.05, 0) is 30.4 Å². The van der Waals surface area contributed by atoms with Gasteiger partial charge in [0.15, 0.2) is 0 Å². The first kappa shape index (κ1) is 36.1. The number of likely N-dealkylation sites (tertiary alicyclic amines) is 2. The zero-order chi connectivity index (χ0) is 33.8. The van der Waals surface area contributed by atoms with Crippen molar-refractivity contribution in [1.82, 2.24) is 9.80 Å². The van der Waals surface area contributed by atoms with Gasteiger partial charge in [-0.25, -0.2) is 9.59 Å². The fourth-order valence-corrected chi connectivity index (χ4v) is 9.55. The molecule has 2 amide bonds. The van der Waals surface area contributed by atoms with Crippen LogP contribution in [-0.4, -0.2) is 73.6 Å². The second-order valence-electron chi connectivity index (χ2n) is 12.4. The predicted molar refractivity (Wildman–Crippen MR) is 185 cm³/mol. The second-order valence-corrected chi connectivity index (χ2v) is 16.5. The van der Waals surface area contributed by atoms with Gasteiger partial charge in [-0.3, -0.25) is 4.79 Å². The van der Waals surface area contributed by atoms with E-state index in [-0.39, 0.29) is 58.8 Å². The van der Waals surface area contributed by atoms with Crippen molar-refractivity contribution < 1.29 is 43.3 Å². The van der Waals surface area contributed by atoms with Gasteiger partial charge in [-0.15, -0.1) is 0 Å². The summed E-state index contributed by atoms with van der Waals surface area (Å²) in [6, 6.07) is 25.7. The number of hydrogen-bond acceptors (Lipinski definition) is 9. The van der Waals surface area contributed by atoms with Gasteiger partial charge in [0.2, 0.25) is 0 Å². The van der Waals surface area contributed by atoms with E-state index in [0.29, 0.717) is 44.9 Å². The summed E-state index contributed by atoms with van der Waals surface area (Å²) in [5.41, 5.74) is 2.19. The minimum atomic E-state index is -4.54. The van der Waals surface area contributed by atoms with Gasteiger partial charge in [0.05, 0.1) is 6.10 Å². The van der Waals surface area contributed by atoms with Crippen molar-refractivity contribution in [3.8, 4) is 0 Å². The SMILES string of the molecule is C.O=C(OCc1ccccc1)N1C[C@H]2C[C@@H]1C[C@@H]2O.O=C1C[C@H]2C[C@@H]1CN2C(=O)OCc1ccccc1.O=C1OI(=O)(O)c2ccccc21. The second kappa shape index (κ2) is 15.6. The molecular formula is C36H41IN2O10. The topological polar surface area (TPSA) is 160 Å². The average Bonchev–Trinajstić information content (AvgIpc) is 3.91. The van der Waals surface area contributed by atoms with Crippen LogP contribution in [0.3, 0.4) is 0 Å². The number of nitrogens with zero attached hydrogens (tertiary/aromatic N) is 2. The van der Waals surface area contributed by atoms with Crippen LogP contribution in [0.2, 0.25) is 0 Å². The maximum absolute atomic E-state index is 11.9. The number of Topliss-reactive ketones (excluding diaryl/α,β-unsaturated/α-hetero) is 1. The number of halogens is 1. The molecule has 6 atom stereocenters. The van der Waals surface area contributed by atoms with E-state index in [4.69, 9.17) is 9.47 Å². The first-order valence-electron chi connectivity index (χ1n) is 15.8. The molecule has 5 aliphatic rings. The fraction of sp³-hybridized carbons (Fsp3) is 0.389.